The van der Waals surface area contributed by atoms with Gasteiger partial charge in [-0.1, -0.05) is 0 Å². The van der Waals surface area contributed by atoms with E-state index in [1.807, 2.05) is 0 Å². The third-order valence-corrected chi connectivity index (χ3v) is 2.14. The summed E-state index contributed by atoms with van der Waals surface area (Å²) in [6.07, 6.45) is -0.0262. The summed E-state index contributed by atoms with van der Waals surface area (Å²) in [6, 6.07) is -0.576. The number of carbonyl (C=O) groups is 2. The molecule has 88 valence electrons. The van der Waals surface area contributed by atoms with Crippen LogP contribution < -0.4 is 11.1 Å². The van der Waals surface area contributed by atoms with Crippen molar-refractivity contribution in [3.05, 3.63) is 0 Å². The molecule has 2 amide bonds. The lowest BCUT2D eigenvalue weighted by atomic mass is 10.1. The van der Waals surface area contributed by atoms with Crippen molar-refractivity contribution < 1.29 is 14.0 Å². The van der Waals surface area contributed by atoms with Crippen molar-refractivity contribution in [2.24, 2.45) is 5.73 Å². The topological polar surface area (TPSA) is 75.4 Å². The second kappa shape index (κ2) is 6.58. The molecule has 1 saturated heterocycles. The molecule has 15 heavy (non-hydrogen) atoms. The molecule has 3 N–H and O–H groups in total. The Kier molecular flexibility index (Phi) is 6.19. The molecule has 1 rings (SSSR count). The zero-order chi connectivity index (χ0) is 10.6. The summed E-state index contributed by atoms with van der Waals surface area (Å²) in [5.74, 6) is -0.773. The van der Waals surface area contributed by atoms with Crippen LogP contribution in [0.5, 0.6) is 0 Å². The van der Waals surface area contributed by atoms with E-state index >= 15 is 0 Å². The van der Waals surface area contributed by atoms with Gasteiger partial charge >= 0.3 is 0 Å². The summed E-state index contributed by atoms with van der Waals surface area (Å²) in [7, 11) is 0. The van der Waals surface area contributed by atoms with Crippen molar-refractivity contribution in [1.29, 1.82) is 0 Å². The average Bonchev–Trinajstić information content (AvgIpc) is 2.11. The van der Waals surface area contributed by atoms with E-state index in [4.69, 9.17) is 5.73 Å². The van der Waals surface area contributed by atoms with E-state index in [0.717, 1.165) is 0 Å². The van der Waals surface area contributed by atoms with Gasteiger partial charge in [-0.05, 0) is 0 Å². The number of nitrogens with one attached hydrogen (secondary N) is 1. The van der Waals surface area contributed by atoms with E-state index in [-0.39, 0.29) is 31.3 Å². The van der Waals surface area contributed by atoms with E-state index in [2.05, 4.69) is 5.32 Å². The Morgan fingerprint density at radius 3 is 2.87 bits per heavy atom. The standard InChI is InChI=1S/C8H14FN3O2.ClH/c9-1-3-12-4-2-11-6(8(12)14)5-7(10)13;/h6,11H,1-5H2,(H2,10,13);1H. The fraction of sp³-hybridized carbons (Fsp3) is 0.750. The van der Waals surface area contributed by atoms with Crippen molar-refractivity contribution in [2.45, 2.75) is 12.5 Å². The number of hydrogen-bond acceptors (Lipinski definition) is 3. The highest BCUT2D eigenvalue weighted by Gasteiger charge is 2.28. The van der Waals surface area contributed by atoms with E-state index < -0.39 is 18.6 Å². The number of nitrogens with zero attached hydrogens (tertiary/aromatic N) is 1. The number of alkyl halides is 1. The van der Waals surface area contributed by atoms with Gasteiger partial charge < -0.3 is 16.0 Å². The number of rotatable bonds is 4. The van der Waals surface area contributed by atoms with Gasteiger partial charge in [0.15, 0.2) is 0 Å². The largest absolute Gasteiger partial charge is 0.370 e. The molecule has 1 fully saturated rings. The first-order valence-electron chi connectivity index (χ1n) is 4.51. The molecule has 0 radical (unpaired) electrons. The second-order valence-electron chi connectivity index (χ2n) is 3.19. The molecule has 1 aliphatic rings. The maximum atomic E-state index is 12.0. The minimum absolute atomic E-state index is 0. The SMILES string of the molecule is Cl.NC(=O)CC1NCCN(CCF)C1=O. The Balaban J connectivity index is 0.00000196. The van der Waals surface area contributed by atoms with Crippen LogP contribution in [-0.2, 0) is 9.59 Å². The van der Waals surface area contributed by atoms with E-state index in [1.54, 1.807) is 0 Å². The number of carbonyl (C=O) groups excluding carboxylic acids is 2. The third kappa shape index (κ3) is 4.01. The van der Waals surface area contributed by atoms with Crippen LogP contribution in [0.2, 0.25) is 0 Å². The third-order valence-electron chi connectivity index (χ3n) is 2.14. The Bertz CT molecular complexity index is 238. The smallest absolute Gasteiger partial charge is 0.240 e. The lowest BCUT2D eigenvalue weighted by molar-refractivity contribution is -0.137. The van der Waals surface area contributed by atoms with Crippen LogP contribution >= 0.6 is 12.4 Å². The quantitative estimate of drug-likeness (QED) is 0.665. The molecule has 0 aromatic carbocycles. The highest BCUT2D eigenvalue weighted by atomic mass is 35.5. The summed E-state index contributed by atoms with van der Waals surface area (Å²) in [5, 5.41) is 2.87. The number of halogens is 2. The summed E-state index contributed by atoms with van der Waals surface area (Å²) in [4.78, 5) is 23.6. The van der Waals surface area contributed by atoms with Gasteiger partial charge in [0, 0.05) is 19.6 Å². The number of amides is 2. The first-order chi connectivity index (χ1) is 6.65. The molecule has 0 spiro atoms. The van der Waals surface area contributed by atoms with Crippen LogP contribution in [-0.4, -0.2) is 49.1 Å². The molecule has 1 aliphatic heterocycles. The monoisotopic (exact) mass is 239 g/mol. The maximum Gasteiger partial charge on any atom is 0.240 e. The van der Waals surface area contributed by atoms with Gasteiger partial charge in [-0.25, -0.2) is 4.39 Å². The van der Waals surface area contributed by atoms with Crippen LogP contribution in [0.4, 0.5) is 4.39 Å². The fourth-order valence-corrected chi connectivity index (χ4v) is 1.48. The summed E-state index contributed by atoms with van der Waals surface area (Å²) in [6.45, 7) is 0.590. The minimum atomic E-state index is -0.576. The highest BCUT2D eigenvalue weighted by Crippen LogP contribution is 2.04. The van der Waals surface area contributed by atoms with E-state index in [9.17, 15) is 14.0 Å². The Morgan fingerprint density at radius 2 is 2.33 bits per heavy atom. The van der Waals surface area contributed by atoms with Crippen LogP contribution in [0.3, 0.4) is 0 Å². The lowest BCUT2D eigenvalue weighted by Crippen LogP contribution is -2.56. The fourth-order valence-electron chi connectivity index (χ4n) is 1.48. The lowest BCUT2D eigenvalue weighted by Gasteiger charge is -2.31. The molecule has 0 aromatic heterocycles. The average molecular weight is 240 g/mol. The van der Waals surface area contributed by atoms with Gasteiger partial charge in [0.25, 0.3) is 0 Å². The summed E-state index contributed by atoms with van der Waals surface area (Å²) < 4.78 is 12.0. The molecular formula is C8H15ClFN3O2. The number of hydrogen-bond donors (Lipinski definition) is 2. The van der Waals surface area contributed by atoms with Crippen molar-refractivity contribution in [3.63, 3.8) is 0 Å². The molecule has 0 aromatic rings. The Labute approximate surface area is 93.6 Å². The van der Waals surface area contributed by atoms with E-state index in [1.165, 1.54) is 4.90 Å². The van der Waals surface area contributed by atoms with Crippen molar-refractivity contribution in [3.8, 4) is 0 Å². The Hall–Kier alpha value is -0.880. The summed E-state index contributed by atoms with van der Waals surface area (Å²) >= 11 is 0. The highest BCUT2D eigenvalue weighted by molar-refractivity contribution is 5.88. The molecule has 1 heterocycles. The summed E-state index contributed by atoms with van der Waals surface area (Å²) in [5.41, 5.74) is 4.98. The second-order valence-corrected chi connectivity index (χ2v) is 3.19. The number of nitrogens with two attached hydrogens (primary N) is 1. The maximum absolute atomic E-state index is 12.0. The molecule has 0 saturated carbocycles. The van der Waals surface area contributed by atoms with Gasteiger partial charge in [-0.3, -0.25) is 9.59 Å². The van der Waals surface area contributed by atoms with Gasteiger partial charge in [0.1, 0.15) is 6.67 Å². The number of primary amides is 1. The Morgan fingerprint density at radius 1 is 1.67 bits per heavy atom. The van der Waals surface area contributed by atoms with Crippen molar-refractivity contribution in [2.75, 3.05) is 26.3 Å². The molecule has 1 unspecified atom stereocenters. The molecule has 0 aliphatic carbocycles. The molecule has 5 nitrogen and oxygen atoms in total. The molecule has 0 bridgehead atoms. The predicted octanol–water partition coefficient (Wildman–Crippen LogP) is -0.946. The molecule has 7 heteroatoms. The molecule has 1 atom stereocenters. The van der Waals surface area contributed by atoms with Gasteiger partial charge in [0.05, 0.1) is 12.5 Å². The zero-order valence-electron chi connectivity index (χ0n) is 8.24. The van der Waals surface area contributed by atoms with Crippen molar-refractivity contribution >= 4 is 24.2 Å². The predicted molar refractivity (Wildman–Crippen MR) is 55.4 cm³/mol. The normalized spacial score (nSPS) is 21.0. The van der Waals surface area contributed by atoms with Gasteiger partial charge in [-0.15, -0.1) is 12.4 Å². The van der Waals surface area contributed by atoms with Gasteiger partial charge in [0.2, 0.25) is 11.8 Å². The van der Waals surface area contributed by atoms with Crippen LogP contribution in [0.25, 0.3) is 0 Å². The van der Waals surface area contributed by atoms with Crippen LogP contribution in [0, 0.1) is 0 Å². The first kappa shape index (κ1) is 14.1. The minimum Gasteiger partial charge on any atom is -0.370 e. The van der Waals surface area contributed by atoms with E-state index in [0.29, 0.717) is 13.1 Å². The first-order valence-corrected chi connectivity index (χ1v) is 4.51. The van der Waals surface area contributed by atoms with Crippen molar-refractivity contribution in [1.82, 2.24) is 10.2 Å². The van der Waals surface area contributed by atoms with Crippen LogP contribution in [0.1, 0.15) is 6.42 Å². The number of piperazine rings is 1. The molecular weight excluding hydrogens is 225 g/mol. The zero-order valence-corrected chi connectivity index (χ0v) is 9.06. The van der Waals surface area contributed by atoms with Gasteiger partial charge in [-0.2, -0.15) is 0 Å². The van der Waals surface area contributed by atoms with Crippen LogP contribution in [0.15, 0.2) is 0 Å².